The molecule has 96 valence electrons. The molecule has 1 amide bonds. The van der Waals surface area contributed by atoms with Crippen molar-refractivity contribution in [2.75, 3.05) is 5.32 Å². The van der Waals surface area contributed by atoms with E-state index < -0.39 is 0 Å². The van der Waals surface area contributed by atoms with E-state index in [0.717, 1.165) is 28.0 Å². The number of aromatic nitrogens is 1. The van der Waals surface area contributed by atoms with Gasteiger partial charge in [0.25, 0.3) is 0 Å². The van der Waals surface area contributed by atoms with Crippen LogP contribution in [0.15, 0.2) is 41.0 Å². The van der Waals surface area contributed by atoms with Gasteiger partial charge in [0.15, 0.2) is 0 Å². The number of rotatable bonds is 2. The average Bonchev–Trinajstić information content (AvgIpc) is 2.34. The number of halogens is 1. The number of pyridine rings is 1. The lowest BCUT2D eigenvalue weighted by atomic mass is 9.77. The molecule has 0 radical (unpaired) electrons. The number of nitrogens with one attached hydrogen (secondary N) is 1. The van der Waals surface area contributed by atoms with Crippen molar-refractivity contribution in [2.24, 2.45) is 0 Å². The third-order valence-electron chi connectivity index (χ3n) is 3.48. The van der Waals surface area contributed by atoms with Gasteiger partial charge in [-0.3, -0.25) is 4.79 Å². The number of carbonyl (C=O) groups excluding carboxylic acids is 1. The molecule has 0 fully saturated rings. The molecule has 0 bridgehead atoms. The summed E-state index contributed by atoms with van der Waals surface area (Å²) in [4.78, 5) is 16.5. The lowest BCUT2D eigenvalue weighted by Gasteiger charge is -2.29. The zero-order chi connectivity index (χ0) is 13.4. The Labute approximate surface area is 120 Å². The third-order valence-corrected chi connectivity index (χ3v) is 3.92. The molecular formula is C15H13BrN2O. The second-order valence-corrected chi connectivity index (χ2v) is 5.52. The highest BCUT2D eigenvalue weighted by atomic mass is 79.9. The van der Waals surface area contributed by atoms with Crippen molar-refractivity contribution < 1.29 is 4.79 Å². The summed E-state index contributed by atoms with van der Waals surface area (Å²) in [6.45, 7) is 1.88. The second kappa shape index (κ2) is 4.78. The monoisotopic (exact) mass is 316 g/mol. The predicted molar refractivity (Wildman–Crippen MR) is 78.2 cm³/mol. The fraction of sp³-hybridized carbons (Fsp3) is 0.200. The summed E-state index contributed by atoms with van der Waals surface area (Å²) in [5, 5.41) is 2.96. The normalized spacial score (nSPS) is 16.4. The minimum atomic E-state index is -0.0285. The molecule has 1 atom stereocenters. The topological polar surface area (TPSA) is 42.0 Å². The van der Waals surface area contributed by atoms with Gasteiger partial charge in [-0.05, 0) is 52.5 Å². The molecule has 1 heterocycles. The van der Waals surface area contributed by atoms with E-state index >= 15 is 0 Å². The van der Waals surface area contributed by atoms with Crippen LogP contribution in [0.4, 0.5) is 5.69 Å². The van der Waals surface area contributed by atoms with Gasteiger partial charge in [0.1, 0.15) is 4.60 Å². The van der Waals surface area contributed by atoms with Crippen molar-refractivity contribution in [3.05, 3.63) is 57.8 Å². The van der Waals surface area contributed by atoms with Crippen molar-refractivity contribution in [2.45, 2.75) is 19.3 Å². The lowest BCUT2D eigenvalue weighted by Crippen LogP contribution is -2.30. The van der Waals surface area contributed by atoms with E-state index in [1.54, 1.807) is 0 Å². The van der Waals surface area contributed by atoms with Crippen LogP contribution in [0.2, 0.25) is 0 Å². The molecule has 1 aliphatic carbocycles. The molecule has 0 saturated carbocycles. The molecule has 2 aromatic rings. The van der Waals surface area contributed by atoms with Crippen LogP contribution >= 0.6 is 15.9 Å². The lowest BCUT2D eigenvalue weighted by molar-refractivity contribution is -0.118. The van der Waals surface area contributed by atoms with Crippen molar-refractivity contribution in [3.63, 3.8) is 0 Å². The predicted octanol–water partition coefficient (Wildman–Crippen LogP) is 3.43. The summed E-state index contributed by atoms with van der Waals surface area (Å²) in [7, 11) is 0. The first-order valence-electron chi connectivity index (χ1n) is 6.17. The van der Waals surface area contributed by atoms with Gasteiger partial charge in [0.2, 0.25) is 5.91 Å². The smallest absolute Gasteiger partial charge is 0.232 e. The van der Waals surface area contributed by atoms with Crippen LogP contribution < -0.4 is 5.32 Å². The van der Waals surface area contributed by atoms with Gasteiger partial charge in [-0.1, -0.05) is 24.3 Å². The fourth-order valence-electron chi connectivity index (χ4n) is 2.38. The van der Waals surface area contributed by atoms with E-state index in [1.165, 1.54) is 5.56 Å². The van der Waals surface area contributed by atoms with Gasteiger partial charge < -0.3 is 5.32 Å². The number of hydrogen-bond acceptors (Lipinski definition) is 2. The molecular weight excluding hydrogens is 304 g/mol. The number of benzene rings is 1. The second-order valence-electron chi connectivity index (χ2n) is 4.71. The number of nitrogens with zero attached hydrogens (tertiary/aromatic N) is 1. The first-order valence-corrected chi connectivity index (χ1v) is 6.96. The van der Waals surface area contributed by atoms with Gasteiger partial charge in [-0.2, -0.15) is 0 Å². The Bertz CT molecular complexity index is 654. The third kappa shape index (κ3) is 2.28. The van der Waals surface area contributed by atoms with E-state index in [4.69, 9.17) is 0 Å². The maximum absolute atomic E-state index is 12.2. The molecule has 1 unspecified atom stereocenters. The van der Waals surface area contributed by atoms with Crippen LogP contribution in [0.1, 0.15) is 22.7 Å². The molecule has 0 saturated heterocycles. The summed E-state index contributed by atoms with van der Waals surface area (Å²) in [6.07, 6.45) is 0.824. The van der Waals surface area contributed by atoms with E-state index in [2.05, 4.69) is 32.3 Å². The minimum absolute atomic E-state index is 0.0285. The Balaban J connectivity index is 1.77. The highest BCUT2D eigenvalue weighted by Gasteiger charge is 2.31. The molecule has 0 aliphatic heterocycles. The van der Waals surface area contributed by atoms with Gasteiger partial charge in [-0.15, -0.1) is 0 Å². The molecule has 1 aliphatic rings. The summed E-state index contributed by atoms with van der Waals surface area (Å²) < 4.78 is 0.775. The van der Waals surface area contributed by atoms with Gasteiger partial charge in [0, 0.05) is 0 Å². The summed E-state index contributed by atoms with van der Waals surface area (Å²) >= 11 is 3.31. The Morgan fingerprint density at radius 2 is 2.11 bits per heavy atom. The zero-order valence-corrected chi connectivity index (χ0v) is 12.1. The molecule has 1 N–H and O–H groups in total. The number of hydrogen-bond donors (Lipinski definition) is 1. The number of amides is 1. The molecule has 4 heteroatoms. The van der Waals surface area contributed by atoms with Crippen molar-refractivity contribution in [1.29, 1.82) is 0 Å². The number of fused-ring (bicyclic) bond motifs is 1. The highest BCUT2D eigenvalue weighted by molar-refractivity contribution is 9.10. The Hall–Kier alpha value is -1.68. The SMILES string of the molecule is Cc1nc(Br)ccc1NC(=O)C1Cc2ccccc21. The fourth-order valence-corrected chi connectivity index (χ4v) is 2.77. The van der Waals surface area contributed by atoms with Gasteiger partial charge >= 0.3 is 0 Å². The maximum atomic E-state index is 12.2. The van der Waals surface area contributed by atoms with Crippen molar-refractivity contribution >= 4 is 27.5 Å². The maximum Gasteiger partial charge on any atom is 0.232 e. The quantitative estimate of drug-likeness (QED) is 0.862. The van der Waals surface area contributed by atoms with Crippen LogP contribution in [0, 0.1) is 6.92 Å². The minimum Gasteiger partial charge on any atom is -0.324 e. The van der Waals surface area contributed by atoms with Crippen molar-refractivity contribution in [3.8, 4) is 0 Å². The van der Waals surface area contributed by atoms with E-state index in [-0.39, 0.29) is 11.8 Å². The molecule has 1 aromatic carbocycles. The molecule has 19 heavy (non-hydrogen) atoms. The van der Waals surface area contributed by atoms with Gasteiger partial charge in [-0.25, -0.2) is 4.98 Å². The van der Waals surface area contributed by atoms with Crippen molar-refractivity contribution in [1.82, 2.24) is 4.98 Å². The molecule has 3 rings (SSSR count). The standard InChI is InChI=1S/C15H13BrN2O/c1-9-13(6-7-14(16)17-9)18-15(19)12-8-10-4-2-3-5-11(10)12/h2-7,12H,8H2,1H3,(H,18,19). The summed E-state index contributed by atoms with van der Waals surface area (Å²) in [6, 6.07) is 11.8. The molecule has 3 nitrogen and oxygen atoms in total. The molecule has 0 spiro atoms. The summed E-state index contributed by atoms with van der Waals surface area (Å²) in [5.41, 5.74) is 4.00. The zero-order valence-electron chi connectivity index (χ0n) is 10.5. The Morgan fingerprint density at radius 3 is 2.84 bits per heavy atom. The largest absolute Gasteiger partial charge is 0.324 e. The number of anilines is 1. The molecule has 1 aromatic heterocycles. The highest BCUT2D eigenvalue weighted by Crippen LogP contribution is 2.35. The average molecular weight is 317 g/mol. The van der Waals surface area contributed by atoms with E-state index in [1.807, 2.05) is 37.3 Å². The van der Waals surface area contributed by atoms with Crippen LogP contribution in [0.3, 0.4) is 0 Å². The van der Waals surface area contributed by atoms with Gasteiger partial charge in [0.05, 0.1) is 17.3 Å². The number of carbonyl (C=O) groups is 1. The summed E-state index contributed by atoms with van der Waals surface area (Å²) in [5.74, 6) is 0.0187. The van der Waals surface area contributed by atoms with Crippen LogP contribution in [-0.4, -0.2) is 10.9 Å². The first kappa shape index (κ1) is 12.4. The Morgan fingerprint density at radius 1 is 1.32 bits per heavy atom. The van der Waals surface area contributed by atoms with Crippen LogP contribution in [-0.2, 0) is 11.2 Å². The van der Waals surface area contributed by atoms with E-state index in [9.17, 15) is 4.79 Å². The first-order chi connectivity index (χ1) is 9.15. The Kier molecular flexibility index (Phi) is 3.11. The van der Waals surface area contributed by atoms with E-state index in [0.29, 0.717) is 0 Å². The van der Waals surface area contributed by atoms with Crippen LogP contribution in [0.5, 0.6) is 0 Å². The van der Waals surface area contributed by atoms with Crippen LogP contribution in [0.25, 0.3) is 0 Å². The number of aryl methyl sites for hydroxylation is 1.